The number of aromatic nitrogens is 2. The lowest BCUT2D eigenvalue weighted by Crippen LogP contribution is -1.98. The van der Waals surface area contributed by atoms with E-state index >= 15 is 0 Å². The molecule has 0 saturated heterocycles. The Hall–Kier alpha value is -3.06. The molecule has 126 valence electrons. The van der Waals surface area contributed by atoms with Crippen molar-refractivity contribution >= 4 is 28.7 Å². The van der Waals surface area contributed by atoms with E-state index in [1.54, 1.807) is 35.0 Å². The Balaban J connectivity index is 1.99. The summed E-state index contributed by atoms with van der Waals surface area (Å²) in [6.45, 7) is 3.68. The van der Waals surface area contributed by atoms with Gasteiger partial charge in [-0.15, -0.1) is 10.2 Å². The van der Waals surface area contributed by atoms with Gasteiger partial charge in [-0.25, -0.2) is 4.68 Å². The molecule has 7 nitrogen and oxygen atoms in total. The molecule has 0 unspecified atom stereocenters. The van der Waals surface area contributed by atoms with Crippen LogP contribution in [0.3, 0.4) is 0 Å². The van der Waals surface area contributed by atoms with E-state index in [1.807, 2.05) is 26.0 Å². The minimum atomic E-state index is -0.481. The Morgan fingerprint density at radius 1 is 1.08 bits per heavy atom. The number of aryl methyl sites for hydroxylation is 1. The molecule has 0 bridgehead atoms. The van der Waals surface area contributed by atoms with Gasteiger partial charge < -0.3 is 0 Å². The number of nitrogens with zero attached hydrogens (tertiary/aromatic N) is 5. The minimum absolute atomic E-state index is 0.0911. The van der Waals surface area contributed by atoms with Crippen LogP contribution in [0, 0.1) is 24.0 Å². The molecule has 0 aliphatic heterocycles. The molecule has 3 rings (SSSR count). The summed E-state index contributed by atoms with van der Waals surface area (Å²) in [5, 5.41) is 24.4. The van der Waals surface area contributed by atoms with Crippen molar-refractivity contribution in [3.8, 4) is 5.69 Å². The van der Waals surface area contributed by atoms with Crippen LogP contribution in [0.5, 0.6) is 0 Å². The molecule has 25 heavy (non-hydrogen) atoms. The predicted molar refractivity (Wildman–Crippen MR) is 95.3 cm³/mol. The van der Waals surface area contributed by atoms with Crippen molar-refractivity contribution < 1.29 is 4.92 Å². The molecule has 0 amide bonds. The van der Waals surface area contributed by atoms with Gasteiger partial charge in [0.2, 0.25) is 0 Å². The Kier molecular flexibility index (Phi) is 4.58. The van der Waals surface area contributed by atoms with Gasteiger partial charge in [-0.1, -0.05) is 23.7 Å². The van der Waals surface area contributed by atoms with Gasteiger partial charge in [0.15, 0.2) is 5.69 Å². The topological polar surface area (TPSA) is 85.7 Å². The lowest BCUT2D eigenvalue weighted by molar-refractivity contribution is -0.384. The molecular weight excluding hydrogens is 342 g/mol. The summed E-state index contributed by atoms with van der Waals surface area (Å²) in [6, 6.07) is 13.5. The van der Waals surface area contributed by atoms with Gasteiger partial charge in [-0.05, 0) is 44.2 Å². The van der Waals surface area contributed by atoms with Crippen molar-refractivity contribution in [2.75, 3.05) is 0 Å². The average Bonchev–Trinajstić information content (AvgIpc) is 2.88. The zero-order valence-electron chi connectivity index (χ0n) is 13.5. The van der Waals surface area contributed by atoms with E-state index < -0.39 is 4.92 Å². The first-order valence-electron chi connectivity index (χ1n) is 7.44. The molecule has 2 aromatic carbocycles. The first-order valence-corrected chi connectivity index (χ1v) is 7.82. The fourth-order valence-electron chi connectivity index (χ4n) is 2.42. The average molecular weight is 356 g/mol. The third-order valence-electron chi connectivity index (χ3n) is 3.66. The van der Waals surface area contributed by atoms with Gasteiger partial charge >= 0.3 is 0 Å². The number of rotatable bonds is 4. The molecule has 0 radical (unpaired) electrons. The molecule has 0 aliphatic carbocycles. The molecular formula is C17H14ClN5O2. The smallest absolute Gasteiger partial charge is 0.258 e. The van der Waals surface area contributed by atoms with Crippen LogP contribution in [0.4, 0.5) is 17.1 Å². The van der Waals surface area contributed by atoms with E-state index in [2.05, 4.69) is 15.3 Å². The zero-order chi connectivity index (χ0) is 18.0. The van der Waals surface area contributed by atoms with Gasteiger partial charge in [-0.3, -0.25) is 10.1 Å². The number of nitro benzene ring substituents is 1. The van der Waals surface area contributed by atoms with Crippen LogP contribution in [0.1, 0.15) is 11.4 Å². The van der Waals surface area contributed by atoms with E-state index in [4.69, 9.17) is 11.6 Å². The maximum Gasteiger partial charge on any atom is 0.296 e. The maximum atomic E-state index is 11.1. The van der Waals surface area contributed by atoms with Crippen molar-refractivity contribution in [3.63, 3.8) is 0 Å². The largest absolute Gasteiger partial charge is 0.296 e. The summed E-state index contributed by atoms with van der Waals surface area (Å²) in [6.07, 6.45) is 0. The van der Waals surface area contributed by atoms with Crippen molar-refractivity contribution in [1.82, 2.24) is 9.78 Å². The van der Waals surface area contributed by atoms with E-state index in [0.29, 0.717) is 16.4 Å². The van der Waals surface area contributed by atoms with E-state index in [-0.39, 0.29) is 11.4 Å². The van der Waals surface area contributed by atoms with Gasteiger partial charge in [0.1, 0.15) is 5.69 Å². The molecule has 0 saturated carbocycles. The molecule has 0 fully saturated rings. The van der Waals surface area contributed by atoms with Crippen molar-refractivity contribution in [1.29, 1.82) is 0 Å². The maximum absolute atomic E-state index is 11.1. The number of hydrogen-bond acceptors (Lipinski definition) is 5. The van der Waals surface area contributed by atoms with E-state index in [9.17, 15) is 10.1 Å². The lowest BCUT2D eigenvalue weighted by atomic mass is 10.3. The van der Waals surface area contributed by atoms with Crippen LogP contribution in [-0.4, -0.2) is 14.7 Å². The number of hydrogen-bond donors (Lipinski definition) is 0. The van der Waals surface area contributed by atoms with Crippen LogP contribution >= 0.6 is 11.6 Å². The highest BCUT2D eigenvalue weighted by atomic mass is 35.5. The lowest BCUT2D eigenvalue weighted by Gasteiger charge is -2.03. The van der Waals surface area contributed by atoms with Crippen LogP contribution in [0.25, 0.3) is 5.69 Å². The first kappa shape index (κ1) is 16.8. The summed E-state index contributed by atoms with van der Waals surface area (Å²) >= 11 is 5.92. The molecule has 1 aromatic heterocycles. The third kappa shape index (κ3) is 3.41. The summed E-state index contributed by atoms with van der Waals surface area (Å²) in [7, 11) is 0. The molecule has 1 heterocycles. The summed E-state index contributed by atoms with van der Waals surface area (Å²) in [5.74, 6) is 0. The number of halogens is 1. The molecule has 0 spiro atoms. The molecule has 0 atom stereocenters. The van der Waals surface area contributed by atoms with Gasteiger partial charge in [0.05, 0.1) is 22.0 Å². The highest BCUT2D eigenvalue weighted by molar-refractivity contribution is 6.30. The van der Waals surface area contributed by atoms with E-state index in [1.165, 1.54) is 6.07 Å². The number of para-hydroxylation sites is 1. The fourth-order valence-corrected chi connectivity index (χ4v) is 2.55. The van der Waals surface area contributed by atoms with Crippen LogP contribution in [0.2, 0.25) is 5.02 Å². The second-order valence-corrected chi connectivity index (χ2v) is 5.79. The van der Waals surface area contributed by atoms with Gasteiger partial charge in [0, 0.05) is 11.1 Å². The van der Waals surface area contributed by atoms with Crippen molar-refractivity contribution in [2.45, 2.75) is 13.8 Å². The summed E-state index contributed by atoms with van der Waals surface area (Å²) < 4.78 is 1.74. The SMILES string of the molecule is Cc1nn(-c2ccc(Cl)cc2)c(C)c1N=Nc1ccccc1[N+](=O)[O-]. The van der Waals surface area contributed by atoms with Crippen LogP contribution in [-0.2, 0) is 0 Å². The normalized spacial score (nSPS) is 11.2. The predicted octanol–water partition coefficient (Wildman–Crippen LogP) is 5.47. The van der Waals surface area contributed by atoms with Crippen LogP contribution < -0.4 is 0 Å². The highest BCUT2D eigenvalue weighted by Gasteiger charge is 2.15. The summed E-state index contributed by atoms with van der Waals surface area (Å²) in [5.41, 5.74) is 2.99. The molecule has 0 aliphatic rings. The summed E-state index contributed by atoms with van der Waals surface area (Å²) in [4.78, 5) is 10.6. The minimum Gasteiger partial charge on any atom is -0.258 e. The second kappa shape index (κ2) is 6.82. The first-order chi connectivity index (χ1) is 12.0. The third-order valence-corrected chi connectivity index (χ3v) is 3.91. The number of benzene rings is 2. The fraction of sp³-hybridized carbons (Fsp3) is 0.118. The van der Waals surface area contributed by atoms with Crippen LogP contribution in [0.15, 0.2) is 58.8 Å². The number of nitro groups is 1. The highest BCUT2D eigenvalue weighted by Crippen LogP contribution is 2.31. The zero-order valence-corrected chi connectivity index (χ0v) is 14.3. The van der Waals surface area contributed by atoms with Crippen molar-refractivity contribution in [2.24, 2.45) is 10.2 Å². The Bertz CT molecular complexity index is 964. The molecule has 0 N–H and O–H groups in total. The molecule has 3 aromatic rings. The van der Waals surface area contributed by atoms with Crippen molar-refractivity contribution in [3.05, 3.63) is 75.1 Å². The Morgan fingerprint density at radius 2 is 1.76 bits per heavy atom. The van der Waals surface area contributed by atoms with E-state index in [0.717, 1.165) is 11.4 Å². The Labute approximate surface area is 148 Å². The second-order valence-electron chi connectivity index (χ2n) is 5.35. The quantitative estimate of drug-likeness (QED) is 0.353. The molecule has 8 heteroatoms. The monoisotopic (exact) mass is 355 g/mol. The number of azo groups is 1. The van der Waals surface area contributed by atoms with Gasteiger partial charge in [0.25, 0.3) is 5.69 Å². The standard InChI is InChI=1S/C17H14ClN5O2/c1-11-17(20-19-15-5-3-4-6-16(15)23(24)25)12(2)22(21-11)14-9-7-13(18)8-10-14/h3-10H,1-2H3. The van der Waals surface area contributed by atoms with Gasteiger partial charge in [-0.2, -0.15) is 5.10 Å². The Morgan fingerprint density at radius 3 is 2.44 bits per heavy atom.